The Morgan fingerprint density at radius 3 is 2.00 bits per heavy atom. The second-order valence-electron chi connectivity index (χ2n) is 5.24. The van der Waals surface area contributed by atoms with Gasteiger partial charge in [-0.15, -0.1) is 0 Å². The number of hydrogen-bond donors (Lipinski definition) is 0. The van der Waals surface area contributed by atoms with Gasteiger partial charge in [0.15, 0.2) is 0 Å². The van der Waals surface area contributed by atoms with E-state index in [2.05, 4.69) is 32.7 Å². The van der Waals surface area contributed by atoms with Crippen molar-refractivity contribution in [1.82, 2.24) is 4.90 Å². The molecule has 0 aromatic heterocycles. The first-order valence-corrected chi connectivity index (χ1v) is 7.42. The Hall–Kier alpha value is -0.0400. The summed E-state index contributed by atoms with van der Waals surface area (Å²) in [4.78, 5) is 2.54. The number of unbranched alkanes of at least 4 members (excludes halogenated alkanes) is 6. The zero-order valence-electron chi connectivity index (χ0n) is 12.1. The highest BCUT2D eigenvalue weighted by Gasteiger charge is 2.07. The van der Waals surface area contributed by atoms with E-state index in [1.165, 1.54) is 64.3 Å². The molecule has 0 aromatic carbocycles. The largest absolute Gasteiger partial charge is 0.304 e. The molecule has 0 saturated carbocycles. The maximum atomic E-state index is 2.54. The van der Waals surface area contributed by atoms with Gasteiger partial charge >= 0.3 is 0 Å². The van der Waals surface area contributed by atoms with Crippen LogP contribution in [0.3, 0.4) is 0 Å². The summed E-state index contributed by atoms with van der Waals surface area (Å²) in [5.74, 6) is 0. The zero-order valence-corrected chi connectivity index (χ0v) is 12.1. The van der Waals surface area contributed by atoms with Gasteiger partial charge in [0.05, 0.1) is 0 Å². The van der Waals surface area contributed by atoms with Crippen LogP contribution in [-0.4, -0.2) is 24.5 Å². The lowest BCUT2D eigenvalue weighted by Crippen LogP contribution is -2.29. The molecule has 0 heterocycles. The molecule has 1 unspecified atom stereocenters. The number of nitrogens with zero attached hydrogens (tertiary/aromatic N) is 1. The van der Waals surface area contributed by atoms with E-state index in [-0.39, 0.29) is 0 Å². The average Bonchev–Trinajstić information content (AvgIpc) is 2.30. The van der Waals surface area contributed by atoms with Crippen molar-refractivity contribution in [2.75, 3.05) is 13.6 Å². The molecule has 16 heavy (non-hydrogen) atoms. The van der Waals surface area contributed by atoms with Crippen molar-refractivity contribution in [1.29, 1.82) is 0 Å². The SMILES string of the molecule is CCCCCCCCN(C)C(C)CCCC. The van der Waals surface area contributed by atoms with Crippen molar-refractivity contribution in [2.45, 2.75) is 84.6 Å². The van der Waals surface area contributed by atoms with Crippen LogP contribution in [0.15, 0.2) is 0 Å². The average molecular weight is 227 g/mol. The molecule has 0 radical (unpaired) electrons. The van der Waals surface area contributed by atoms with E-state index in [1.54, 1.807) is 0 Å². The summed E-state index contributed by atoms with van der Waals surface area (Å²) in [6.45, 7) is 8.22. The monoisotopic (exact) mass is 227 g/mol. The van der Waals surface area contributed by atoms with Crippen molar-refractivity contribution in [3.05, 3.63) is 0 Å². The van der Waals surface area contributed by atoms with Gasteiger partial charge in [-0.05, 0) is 33.4 Å². The van der Waals surface area contributed by atoms with Crippen LogP contribution in [0.4, 0.5) is 0 Å². The molecule has 0 fully saturated rings. The van der Waals surface area contributed by atoms with Gasteiger partial charge in [0.2, 0.25) is 0 Å². The van der Waals surface area contributed by atoms with E-state index in [1.807, 2.05) is 0 Å². The van der Waals surface area contributed by atoms with Crippen molar-refractivity contribution in [3.63, 3.8) is 0 Å². The van der Waals surface area contributed by atoms with Gasteiger partial charge in [-0.2, -0.15) is 0 Å². The molecule has 0 rings (SSSR count). The Kier molecular flexibility index (Phi) is 11.4. The Labute approximate surface area is 104 Å². The second-order valence-corrected chi connectivity index (χ2v) is 5.24. The molecule has 0 aliphatic rings. The van der Waals surface area contributed by atoms with Crippen molar-refractivity contribution in [2.24, 2.45) is 0 Å². The molecule has 1 heteroatoms. The molecule has 0 aliphatic carbocycles. The summed E-state index contributed by atoms with van der Waals surface area (Å²) < 4.78 is 0. The first-order valence-electron chi connectivity index (χ1n) is 7.42. The molecule has 98 valence electrons. The third kappa shape index (κ3) is 9.21. The summed E-state index contributed by atoms with van der Waals surface area (Å²) in [5.41, 5.74) is 0. The predicted octanol–water partition coefficient (Wildman–Crippen LogP) is 4.86. The highest BCUT2D eigenvalue weighted by molar-refractivity contribution is 4.63. The molecule has 0 aromatic rings. The van der Waals surface area contributed by atoms with Gasteiger partial charge < -0.3 is 4.90 Å². The Morgan fingerprint density at radius 1 is 0.812 bits per heavy atom. The van der Waals surface area contributed by atoms with Crippen LogP contribution in [-0.2, 0) is 0 Å². The second kappa shape index (κ2) is 11.4. The van der Waals surface area contributed by atoms with E-state index >= 15 is 0 Å². The van der Waals surface area contributed by atoms with E-state index < -0.39 is 0 Å². The van der Waals surface area contributed by atoms with Crippen molar-refractivity contribution < 1.29 is 0 Å². The maximum Gasteiger partial charge on any atom is 0.00638 e. The van der Waals surface area contributed by atoms with Crippen LogP contribution in [0.1, 0.15) is 78.6 Å². The van der Waals surface area contributed by atoms with Gasteiger partial charge in [-0.25, -0.2) is 0 Å². The summed E-state index contributed by atoms with van der Waals surface area (Å²) in [7, 11) is 2.28. The van der Waals surface area contributed by atoms with E-state index in [9.17, 15) is 0 Å². The predicted molar refractivity (Wildman–Crippen MR) is 75.0 cm³/mol. The standard InChI is InChI=1S/C15H33N/c1-5-7-9-10-11-12-14-16(4)15(3)13-8-6-2/h15H,5-14H2,1-4H3. The Morgan fingerprint density at radius 2 is 1.38 bits per heavy atom. The lowest BCUT2D eigenvalue weighted by Gasteiger charge is -2.24. The minimum Gasteiger partial charge on any atom is -0.304 e. The number of rotatable bonds is 11. The Balaban J connectivity index is 3.31. The van der Waals surface area contributed by atoms with E-state index in [0.717, 1.165) is 6.04 Å². The highest BCUT2D eigenvalue weighted by Crippen LogP contribution is 2.09. The maximum absolute atomic E-state index is 2.54. The zero-order chi connectivity index (χ0) is 12.2. The van der Waals surface area contributed by atoms with Crippen LogP contribution >= 0.6 is 0 Å². The fourth-order valence-electron chi connectivity index (χ4n) is 2.08. The molecular weight excluding hydrogens is 194 g/mol. The summed E-state index contributed by atoms with van der Waals surface area (Å²) >= 11 is 0. The van der Waals surface area contributed by atoms with Gasteiger partial charge in [0.25, 0.3) is 0 Å². The van der Waals surface area contributed by atoms with E-state index in [0.29, 0.717) is 0 Å². The molecule has 0 saturated heterocycles. The molecule has 1 nitrogen and oxygen atoms in total. The quantitative estimate of drug-likeness (QED) is 0.456. The lowest BCUT2D eigenvalue weighted by molar-refractivity contribution is 0.237. The highest BCUT2D eigenvalue weighted by atomic mass is 15.1. The first kappa shape index (κ1) is 16.0. The Bertz CT molecular complexity index is 133. The van der Waals surface area contributed by atoms with Crippen molar-refractivity contribution >= 4 is 0 Å². The topological polar surface area (TPSA) is 3.24 Å². The third-order valence-electron chi connectivity index (χ3n) is 3.59. The van der Waals surface area contributed by atoms with Crippen LogP contribution in [0.25, 0.3) is 0 Å². The van der Waals surface area contributed by atoms with Crippen LogP contribution < -0.4 is 0 Å². The van der Waals surface area contributed by atoms with Gasteiger partial charge in [0.1, 0.15) is 0 Å². The summed E-state index contributed by atoms with van der Waals surface area (Å²) in [6.07, 6.45) is 12.5. The lowest BCUT2D eigenvalue weighted by atomic mass is 10.1. The molecular formula is C15H33N. The number of hydrogen-bond acceptors (Lipinski definition) is 1. The summed E-state index contributed by atoms with van der Waals surface area (Å²) in [6, 6.07) is 0.774. The molecule has 0 spiro atoms. The molecule has 1 atom stereocenters. The van der Waals surface area contributed by atoms with Gasteiger partial charge in [-0.3, -0.25) is 0 Å². The van der Waals surface area contributed by atoms with Crippen LogP contribution in [0.2, 0.25) is 0 Å². The van der Waals surface area contributed by atoms with Crippen LogP contribution in [0.5, 0.6) is 0 Å². The smallest absolute Gasteiger partial charge is 0.00638 e. The molecule has 0 bridgehead atoms. The normalized spacial score (nSPS) is 13.3. The van der Waals surface area contributed by atoms with Gasteiger partial charge in [-0.1, -0.05) is 58.8 Å². The molecule has 0 amide bonds. The molecule has 0 N–H and O–H groups in total. The minimum atomic E-state index is 0.774. The first-order chi connectivity index (χ1) is 7.72. The fraction of sp³-hybridized carbons (Fsp3) is 1.00. The van der Waals surface area contributed by atoms with Gasteiger partial charge in [0, 0.05) is 6.04 Å². The van der Waals surface area contributed by atoms with Crippen LogP contribution in [0, 0.1) is 0 Å². The summed E-state index contributed by atoms with van der Waals surface area (Å²) in [5, 5.41) is 0. The third-order valence-corrected chi connectivity index (χ3v) is 3.59. The minimum absolute atomic E-state index is 0.774. The molecule has 0 aliphatic heterocycles. The van der Waals surface area contributed by atoms with Crippen molar-refractivity contribution in [3.8, 4) is 0 Å². The van der Waals surface area contributed by atoms with E-state index in [4.69, 9.17) is 0 Å². The fourth-order valence-corrected chi connectivity index (χ4v) is 2.08.